The van der Waals surface area contributed by atoms with Crippen LogP contribution in [0.3, 0.4) is 0 Å². The van der Waals surface area contributed by atoms with Crippen LogP contribution in [0.1, 0.15) is 48.8 Å². The first kappa shape index (κ1) is 16.2. The van der Waals surface area contributed by atoms with Gasteiger partial charge in [0, 0.05) is 16.2 Å². The predicted octanol–water partition coefficient (Wildman–Crippen LogP) is 5.09. The fourth-order valence-electron chi connectivity index (χ4n) is 2.32. The van der Waals surface area contributed by atoms with Gasteiger partial charge in [0.05, 0.1) is 23.2 Å². The van der Waals surface area contributed by atoms with E-state index in [-0.39, 0.29) is 12.2 Å². The second-order valence-corrected chi connectivity index (χ2v) is 6.19. The van der Waals surface area contributed by atoms with Crippen LogP contribution >= 0.6 is 27.5 Å². The monoisotopic (exact) mass is 368 g/mol. The summed E-state index contributed by atoms with van der Waals surface area (Å²) in [4.78, 5) is 12.4. The zero-order valence-corrected chi connectivity index (χ0v) is 14.5. The lowest BCUT2D eigenvalue weighted by molar-refractivity contribution is 0.0991. The van der Waals surface area contributed by atoms with Crippen molar-refractivity contribution >= 4 is 33.3 Å². The first-order chi connectivity index (χ1) is 10.1. The van der Waals surface area contributed by atoms with Crippen LogP contribution in [-0.2, 0) is 6.42 Å². The number of benzene rings is 1. The molecule has 0 spiro atoms. The number of ketones is 1. The standard InChI is InChI=1S/C16H18BrClN2O/c1-3-12(4-2)20-9-8-11(19-20)10-15(21)13-6-5-7-14(17)16(13)18/h5-9,12H,3-4,10H2,1-2H3. The number of hydrogen-bond donors (Lipinski definition) is 0. The quantitative estimate of drug-likeness (QED) is 0.665. The summed E-state index contributed by atoms with van der Waals surface area (Å²) in [5, 5.41) is 4.97. The Labute approximate surface area is 138 Å². The van der Waals surface area contributed by atoms with E-state index >= 15 is 0 Å². The molecule has 0 aliphatic rings. The van der Waals surface area contributed by atoms with Crippen molar-refractivity contribution in [3.8, 4) is 0 Å². The molecule has 0 unspecified atom stereocenters. The summed E-state index contributed by atoms with van der Waals surface area (Å²) in [7, 11) is 0. The zero-order valence-electron chi connectivity index (χ0n) is 12.1. The van der Waals surface area contributed by atoms with Crippen LogP contribution in [0.4, 0.5) is 0 Å². The number of halogens is 2. The van der Waals surface area contributed by atoms with Crippen molar-refractivity contribution in [2.24, 2.45) is 0 Å². The van der Waals surface area contributed by atoms with Gasteiger partial charge in [0.25, 0.3) is 0 Å². The van der Waals surface area contributed by atoms with Crippen molar-refractivity contribution in [1.29, 1.82) is 0 Å². The van der Waals surface area contributed by atoms with Crippen LogP contribution in [0.15, 0.2) is 34.9 Å². The van der Waals surface area contributed by atoms with Gasteiger partial charge in [0.2, 0.25) is 0 Å². The second kappa shape index (κ2) is 7.23. The Hall–Kier alpha value is -1.13. The average molecular weight is 370 g/mol. The van der Waals surface area contributed by atoms with Gasteiger partial charge in [0.1, 0.15) is 0 Å². The highest BCUT2D eigenvalue weighted by Crippen LogP contribution is 2.27. The van der Waals surface area contributed by atoms with Crippen LogP contribution < -0.4 is 0 Å². The molecule has 3 nitrogen and oxygen atoms in total. The average Bonchev–Trinajstić information content (AvgIpc) is 2.91. The summed E-state index contributed by atoms with van der Waals surface area (Å²) in [6, 6.07) is 7.67. The van der Waals surface area contributed by atoms with Crippen molar-refractivity contribution in [1.82, 2.24) is 9.78 Å². The molecule has 0 radical (unpaired) electrons. The molecule has 1 heterocycles. The molecule has 1 aromatic heterocycles. The highest BCUT2D eigenvalue weighted by atomic mass is 79.9. The highest BCUT2D eigenvalue weighted by Gasteiger charge is 2.15. The van der Waals surface area contributed by atoms with Crippen LogP contribution in [-0.4, -0.2) is 15.6 Å². The number of hydrogen-bond acceptors (Lipinski definition) is 2. The Morgan fingerprint density at radius 3 is 2.71 bits per heavy atom. The van der Waals surface area contributed by atoms with Gasteiger partial charge in [-0.2, -0.15) is 5.10 Å². The largest absolute Gasteiger partial charge is 0.294 e. The molecule has 112 valence electrons. The van der Waals surface area contributed by atoms with E-state index < -0.39 is 0 Å². The van der Waals surface area contributed by atoms with E-state index in [1.807, 2.05) is 29.1 Å². The van der Waals surface area contributed by atoms with Crippen molar-refractivity contribution in [3.63, 3.8) is 0 Å². The summed E-state index contributed by atoms with van der Waals surface area (Å²) in [6.07, 6.45) is 4.28. The minimum Gasteiger partial charge on any atom is -0.294 e. The maximum Gasteiger partial charge on any atom is 0.170 e. The van der Waals surface area contributed by atoms with Crippen molar-refractivity contribution in [2.45, 2.75) is 39.2 Å². The number of nitrogens with zero attached hydrogens (tertiary/aromatic N) is 2. The Morgan fingerprint density at radius 1 is 1.33 bits per heavy atom. The van der Waals surface area contributed by atoms with Gasteiger partial charge in [-0.15, -0.1) is 0 Å². The van der Waals surface area contributed by atoms with Crippen molar-refractivity contribution < 1.29 is 4.79 Å². The third-order valence-corrected chi connectivity index (χ3v) is 4.87. The van der Waals surface area contributed by atoms with E-state index in [0.717, 1.165) is 23.0 Å². The molecule has 0 N–H and O–H groups in total. The molecule has 0 atom stereocenters. The normalized spacial score (nSPS) is 11.1. The molecule has 0 amide bonds. The predicted molar refractivity (Wildman–Crippen MR) is 89.0 cm³/mol. The van der Waals surface area contributed by atoms with Crippen LogP contribution in [0.2, 0.25) is 5.02 Å². The smallest absolute Gasteiger partial charge is 0.170 e. The van der Waals surface area contributed by atoms with E-state index in [1.54, 1.807) is 6.07 Å². The number of carbonyl (C=O) groups excluding carboxylic acids is 1. The lowest BCUT2D eigenvalue weighted by atomic mass is 10.1. The molecule has 0 fully saturated rings. The molecule has 1 aromatic carbocycles. The maximum absolute atomic E-state index is 12.4. The number of rotatable bonds is 6. The summed E-state index contributed by atoms with van der Waals surface area (Å²) in [5.74, 6) is -0.0175. The summed E-state index contributed by atoms with van der Waals surface area (Å²) in [6.45, 7) is 4.28. The van der Waals surface area contributed by atoms with Crippen LogP contribution in [0.5, 0.6) is 0 Å². The molecule has 21 heavy (non-hydrogen) atoms. The molecule has 5 heteroatoms. The topological polar surface area (TPSA) is 34.9 Å². The lowest BCUT2D eigenvalue weighted by Gasteiger charge is -2.12. The molecule has 2 aromatic rings. The Bertz CT molecular complexity index is 635. The van der Waals surface area contributed by atoms with Gasteiger partial charge in [0.15, 0.2) is 5.78 Å². The Balaban J connectivity index is 2.15. The van der Waals surface area contributed by atoms with E-state index in [0.29, 0.717) is 16.6 Å². The van der Waals surface area contributed by atoms with Crippen LogP contribution in [0, 0.1) is 0 Å². The molecule has 0 bridgehead atoms. The molecule has 0 saturated heterocycles. The second-order valence-electron chi connectivity index (χ2n) is 4.96. The molecular formula is C16H18BrClN2O. The van der Waals surface area contributed by atoms with E-state index in [4.69, 9.17) is 11.6 Å². The summed E-state index contributed by atoms with van der Waals surface area (Å²) in [5.41, 5.74) is 1.31. The van der Waals surface area contributed by atoms with E-state index in [2.05, 4.69) is 34.9 Å². The first-order valence-corrected chi connectivity index (χ1v) is 8.25. The van der Waals surface area contributed by atoms with E-state index in [9.17, 15) is 4.79 Å². The Kier molecular flexibility index (Phi) is 5.59. The summed E-state index contributed by atoms with van der Waals surface area (Å²) >= 11 is 9.50. The van der Waals surface area contributed by atoms with Gasteiger partial charge >= 0.3 is 0 Å². The number of carbonyl (C=O) groups is 1. The molecule has 0 saturated carbocycles. The fraction of sp³-hybridized carbons (Fsp3) is 0.375. The fourth-order valence-corrected chi connectivity index (χ4v) is 2.91. The third kappa shape index (κ3) is 3.74. The zero-order chi connectivity index (χ0) is 15.4. The van der Waals surface area contributed by atoms with Crippen LogP contribution in [0.25, 0.3) is 0 Å². The third-order valence-electron chi connectivity index (χ3n) is 3.57. The number of aromatic nitrogens is 2. The van der Waals surface area contributed by atoms with Gasteiger partial charge < -0.3 is 0 Å². The van der Waals surface area contributed by atoms with Gasteiger partial charge in [-0.3, -0.25) is 9.48 Å². The van der Waals surface area contributed by atoms with E-state index in [1.165, 1.54) is 0 Å². The molecular weight excluding hydrogens is 352 g/mol. The molecule has 0 aliphatic carbocycles. The molecule has 2 rings (SSSR count). The van der Waals surface area contributed by atoms with Gasteiger partial charge in [-0.1, -0.05) is 31.5 Å². The van der Waals surface area contributed by atoms with Crippen molar-refractivity contribution in [3.05, 3.63) is 51.2 Å². The Morgan fingerprint density at radius 2 is 2.05 bits per heavy atom. The number of Topliss-reactive ketones (excluding diaryl/α,β-unsaturated/α-hetero) is 1. The summed E-state index contributed by atoms with van der Waals surface area (Å²) < 4.78 is 2.68. The maximum atomic E-state index is 12.4. The minimum absolute atomic E-state index is 0.0175. The highest BCUT2D eigenvalue weighted by molar-refractivity contribution is 9.10. The minimum atomic E-state index is -0.0175. The molecule has 0 aliphatic heterocycles. The lowest BCUT2D eigenvalue weighted by Crippen LogP contribution is -2.10. The first-order valence-electron chi connectivity index (χ1n) is 7.08. The van der Waals surface area contributed by atoms with Gasteiger partial charge in [-0.25, -0.2) is 0 Å². The van der Waals surface area contributed by atoms with Gasteiger partial charge in [-0.05, 0) is 47.0 Å². The SMILES string of the molecule is CCC(CC)n1ccc(CC(=O)c2cccc(Br)c2Cl)n1. The van der Waals surface area contributed by atoms with Crippen molar-refractivity contribution in [2.75, 3.05) is 0 Å².